The summed E-state index contributed by atoms with van der Waals surface area (Å²) in [6, 6.07) is 11.5. The number of hydrazone groups is 1. The monoisotopic (exact) mass is 708 g/mol. The highest BCUT2D eigenvalue weighted by atomic mass is 35.5. The van der Waals surface area contributed by atoms with Gasteiger partial charge in [0.25, 0.3) is 5.91 Å². The van der Waals surface area contributed by atoms with E-state index in [4.69, 9.17) is 49.0 Å². The molecule has 0 aliphatic rings. The van der Waals surface area contributed by atoms with Crippen molar-refractivity contribution >= 4 is 58.9 Å². The minimum absolute atomic E-state index is 0.0126. The molecule has 0 saturated heterocycles. The number of hydrogen-bond acceptors (Lipinski definition) is 9. The number of aliphatic hydroxyl groups excluding tert-OH is 1. The number of hydrogen-bond donors (Lipinski definition) is 5. The summed E-state index contributed by atoms with van der Waals surface area (Å²) < 4.78 is 16.5. The number of ether oxygens (including phenoxy) is 3. The van der Waals surface area contributed by atoms with Gasteiger partial charge in [-0.15, -0.1) is 0 Å². The minimum atomic E-state index is -1.41. The summed E-state index contributed by atoms with van der Waals surface area (Å²) in [4.78, 5) is 38.4. The minimum Gasteiger partial charge on any atom is -0.508 e. The van der Waals surface area contributed by atoms with Crippen molar-refractivity contribution in [3.8, 4) is 17.2 Å². The molecule has 2 atom stereocenters. The van der Waals surface area contributed by atoms with Crippen molar-refractivity contribution in [3.63, 3.8) is 0 Å². The molecule has 0 aliphatic carbocycles. The van der Waals surface area contributed by atoms with E-state index >= 15 is 0 Å². The van der Waals surface area contributed by atoms with E-state index < -0.39 is 42.2 Å². The maximum absolute atomic E-state index is 13.2. The summed E-state index contributed by atoms with van der Waals surface area (Å²) in [7, 11) is 1.43. The highest BCUT2D eigenvalue weighted by Gasteiger charge is 2.28. The number of halogens is 3. The number of phenols is 1. The van der Waals surface area contributed by atoms with Crippen LogP contribution in [0, 0.1) is 0 Å². The Morgan fingerprint density at radius 3 is 2.26 bits per heavy atom. The third-order valence-corrected chi connectivity index (χ3v) is 7.09. The number of rotatable bonds is 13. The molecule has 3 aromatic rings. The fraction of sp³-hybridized carbons (Fsp3) is 0.312. The quantitative estimate of drug-likeness (QED) is 0.122. The molecular weight excluding hydrogens is 675 g/mol. The lowest BCUT2D eigenvalue weighted by molar-refractivity contribution is -0.130. The van der Waals surface area contributed by atoms with Gasteiger partial charge < -0.3 is 35.1 Å². The first-order valence-electron chi connectivity index (χ1n) is 14.1. The van der Waals surface area contributed by atoms with Gasteiger partial charge in [-0.05, 0) is 68.3 Å². The molecule has 47 heavy (non-hydrogen) atoms. The third-order valence-electron chi connectivity index (χ3n) is 6.23. The largest absolute Gasteiger partial charge is 0.508 e. The predicted molar refractivity (Wildman–Crippen MR) is 179 cm³/mol. The van der Waals surface area contributed by atoms with Crippen molar-refractivity contribution in [2.45, 2.75) is 51.5 Å². The van der Waals surface area contributed by atoms with Crippen LogP contribution < -0.4 is 25.5 Å². The summed E-state index contributed by atoms with van der Waals surface area (Å²) in [6.07, 6.45) is 0.378. The summed E-state index contributed by atoms with van der Waals surface area (Å²) >= 11 is 18.7. The van der Waals surface area contributed by atoms with Crippen LogP contribution in [0.5, 0.6) is 17.2 Å². The van der Waals surface area contributed by atoms with Gasteiger partial charge in [0.15, 0.2) is 11.5 Å². The average molecular weight is 710 g/mol. The van der Waals surface area contributed by atoms with Gasteiger partial charge in [-0.1, -0.05) is 53.0 Å². The van der Waals surface area contributed by atoms with Crippen LogP contribution in [0.2, 0.25) is 15.1 Å². The Labute approximate surface area is 286 Å². The fourth-order valence-corrected chi connectivity index (χ4v) is 4.72. The number of carbonyl (C=O) groups excluding carboxylic acids is 3. The average Bonchev–Trinajstić information content (AvgIpc) is 2.99. The molecule has 0 fully saturated rings. The molecule has 252 valence electrons. The second-order valence-corrected chi connectivity index (χ2v) is 12.4. The summed E-state index contributed by atoms with van der Waals surface area (Å²) in [6.45, 7) is 4.26. The molecule has 5 N–H and O–H groups in total. The Kier molecular flexibility index (Phi) is 13.5. The first-order valence-corrected chi connectivity index (χ1v) is 15.3. The standard InChI is InChI=1S/C32H35Cl3N4O8/c1-32(2,3)47-31(44)38-26(16-40)29(42)37-25(12-18-5-9-22(41)10-6-18)30(43)39-36-15-19-11-24(35)28(27(13-19)45-4)46-17-20-7-8-21(33)14-23(20)34/h5-11,13-15,25-26,40-41H,12,16-17H2,1-4H3,(H,37,42)(H,38,44)(H,39,43)/b36-15-/t25-,26-/m0/s1. The number of amides is 3. The van der Waals surface area contributed by atoms with Gasteiger partial charge >= 0.3 is 6.09 Å². The second-order valence-electron chi connectivity index (χ2n) is 11.1. The van der Waals surface area contributed by atoms with Crippen LogP contribution in [-0.4, -0.2) is 65.7 Å². The number of alkyl carbamates (subject to hydrolysis) is 1. The molecule has 0 bridgehead atoms. The van der Waals surface area contributed by atoms with E-state index in [9.17, 15) is 24.6 Å². The maximum Gasteiger partial charge on any atom is 0.408 e. The maximum atomic E-state index is 13.2. The SMILES string of the molecule is COc1cc(/C=N\NC(=O)[C@H](Cc2ccc(O)cc2)NC(=O)[C@H](CO)NC(=O)OC(C)(C)C)cc(Cl)c1OCc1ccc(Cl)cc1Cl. The molecule has 12 nitrogen and oxygen atoms in total. The van der Waals surface area contributed by atoms with Crippen LogP contribution in [0.1, 0.15) is 37.5 Å². The molecule has 15 heteroatoms. The second kappa shape index (κ2) is 17.1. The highest BCUT2D eigenvalue weighted by molar-refractivity contribution is 6.35. The number of phenolic OH excluding ortho intramolecular Hbond substituents is 1. The van der Waals surface area contributed by atoms with Crippen LogP contribution >= 0.6 is 34.8 Å². The molecule has 3 rings (SSSR count). The molecule has 0 aliphatic heterocycles. The lowest BCUT2D eigenvalue weighted by Gasteiger charge is -2.24. The highest BCUT2D eigenvalue weighted by Crippen LogP contribution is 2.37. The zero-order valence-electron chi connectivity index (χ0n) is 26.0. The summed E-state index contributed by atoms with van der Waals surface area (Å²) in [5.41, 5.74) is 3.27. The van der Waals surface area contributed by atoms with E-state index in [2.05, 4.69) is 21.2 Å². The van der Waals surface area contributed by atoms with E-state index in [0.717, 1.165) is 0 Å². The first kappa shape index (κ1) is 37.2. The van der Waals surface area contributed by atoms with Crippen LogP contribution in [-0.2, 0) is 27.4 Å². The van der Waals surface area contributed by atoms with Crippen molar-refractivity contribution in [3.05, 3.63) is 86.4 Å². The smallest absolute Gasteiger partial charge is 0.408 e. The van der Waals surface area contributed by atoms with E-state index in [-0.39, 0.29) is 29.5 Å². The Bertz CT molecular complexity index is 1600. The number of aromatic hydroxyl groups is 1. The molecule has 0 unspecified atom stereocenters. The van der Waals surface area contributed by atoms with Crippen molar-refractivity contribution in [2.75, 3.05) is 13.7 Å². The number of carbonyl (C=O) groups is 3. The van der Waals surface area contributed by atoms with Crippen LogP contribution in [0.3, 0.4) is 0 Å². The molecule has 3 aromatic carbocycles. The molecule has 0 heterocycles. The van der Waals surface area contributed by atoms with E-state index in [1.165, 1.54) is 25.5 Å². The van der Waals surface area contributed by atoms with Gasteiger partial charge in [0.1, 0.15) is 30.0 Å². The number of methoxy groups -OCH3 is 1. The van der Waals surface area contributed by atoms with Crippen LogP contribution in [0.15, 0.2) is 59.7 Å². The topological polar surface area (TPSA) is 168 Å². The lowest BCUT2D eigenvalue weighted by atomic mass is 10.0. The van der Waals surface area contributed by atoms with Crippen molar-refractivity contribution < 1.29 is 38.8 Å². The molecule has 3 amide bonds. The van der Waals surface area contributed by atoms with Gasteiger partial charge in [-0.2, -0.15) is 5.10 Å². The molecule has 0 spiro atoms. The molecule has 0 aromatic heterocycles. The zero-order chi connectivity index (χ0) is 34.7. The third kappa shape index (κ3) is 11.8. The van der Waals surface area contributed by atoms with E-state index in [1.54, 1.807) is 63.2 Å². The van der Waals surface area contributed by atoms with Crippen molar-refractivity contribution in [1.29, 1.82) is 0 Å². The molecular formula is C32H35Cl3N4O8. The van der Waals surface area contributed by atoms with Gasteiger partial charge in [0.2, 0.25) is 5.91 Å². The van der Waals surface area contributed by atoms with Crippen molar-refractivity contribution in [2.24, 2.45) is 5.10 Å². The Morgan fingerprint density at radius 1 is 0.936 bits per heavy atom. The van der Waals surface area contributed by atoms with E-state index in [1.807, 2.05) is 0 Å². The Balaban J connectivity index is 1.73. The Hall–Kier alpha value is -4.23. The summed E-state index contributed by atoms with van der Waals surface area (Å²) in [5.74, 6) is -0.982. The molecule has 0 radical (unpaired) electrons. The van der Waals surface area contributed by atoms with Gasteiger partial charge in [-0.25, -0.2) is 10.2 Å². The van der Waals surface area contributed by atoms with Gasteiger partial charge in [0, 0.05) is 22.0 Å². The lowest BCUT2D eigenvalue weighted by Crippen LogP contribution is -2.55. The van der Waals surface area contributed by atoms with Gasteiger partial charge in [-0.3, -0.25) is 9.59 Å². The number of aliphatic hydroxyl groups is 1. The first-order chi connectivity index (χ1) is 22.2. The van der Waals surface area contributed by atoms with Gasteiger partial charge in [0.05, 0.1) is 25.0 Å². The number of nitrogens with one attached hydrogen (secondary N) is 3. The summed E-state index contributed by atoms with van der Waals surface area (Å²) in [5, 5.41) is 29.3. The van der Waals surface area contributed by atoms with Crippen LogP contribution in [0.4, 0.5) is 4.79 Å². The molecule has 0 saturated carbocycles. The number of nitrogens with zero attached hydrogens (tertiary/aromatic N) is 1. The normalized spacial score (nSPS) is 12.6. The van der Waals surface area contributed by atoms with E-state index in [0.29, 0.717) is 32.5 Å². The zero-order valence-corrected chi connectivity index (χ0v) is 28.2. The van der Waals surface area contributed by atoms with Crippen LogP contribution in [0.25, 0.3) is 0 Å². The Morgan fingerprint density at radius 2 is 1.64 bits per heavy atom. The predicted octanol–water partition coefficient (Wildman–Crippen LogP) is 5.00. The van der Waals surface area contributed by atoms with Crippen molar-refractivity contribution in [1.82, 2.24) is 16.1 Å². The number of benzene rings is 3. The fourth-order valence-electron chi connectivity index (χ4n) is 3.98.